The average molecular weight is 449 g/mol. The number of guanidine groups is 1. The first-order valence-corrected chi connectivity index (χ1v) is 7.98. The zero-order valence-electron chi connectivity index (χ0n) is 14.7. The van der Waals surface area contributed by atoms with Gasteiger partial charge in [-0.1, -0.05) is 6.07 Å². The van der Waals surface area contributed by atoms with Gasteiger partial charge in [0.2, 0.25) is 0 Å². The van der Waals surface area contributed by atoms with Gasteiger partial charge < -0.3 is 24.4 Å². The van der Waals surface area contributed by atoms with Gasteiger partial charge in [-0.3, -0.25) is 4.99 Å². The minimum absolute atomic E-state index is 0. The Morgan fingerprint density at radius 2 is 2.12 bits per heavy atom. The number of nitrogens with one attached hydrogen (secondary N) is 1. The van der Waals surface area contributed by atoms with E-state index in [0.29, 0.717) is 19.1 Å². The van der Waals surface area contributed by atoms with Gasteiger partial charge in [-0.2, -0.15) is 0 Å². The van der Waals surface area contributed by atoms with Crippen molar-refractivity contribution in [2.24, 2.45) is 10.9 Å². The number of ether oxygens (including phenoxy) is 3. The average Bonchev–Trinajstić information content (AvgIpc) is 3.04. The van der Waals surface area contributed by atoms with E-state index in [1.807, 2.05) is 31.3 Å². The number of hydrogen-bond acceptors (Lipinski definition) is 4. The SMILES string of the molecule is CN=C(NCCOc1cccc(OC)c1)N1CCC(COC)C1.I. The molecule has 0 aromatic heterocycles. The molecule has 0 radical (unpaired) electrons. The summed E-state index contributed by atoms with van der Waals surface area (Å²) in [6, 6.07) is 7.62. The molecule has 1 unspecified atom stereocenters. The van der Waals surface area contributed by atoms with E-state index in [2.05, 4.69) is 15.2 Å². The lowest BCUT2D eigenvalue weighted by Crippen LogP contribution is -2.41. The van der Waals surface area contributed by atoms with E-state index in [4.69, 9.17) is 14.2 Å². The van der Waals surface area contributed by atoms with E-state index in [1.54, 1.807) is 14.2 Å². The van der Waals surface area contributed by atoms with Crippen LogP contribution in [0.3, 0.4) is 0 Å². The number of methoxy groups -OCH3 is 2. The van der Waals surface area contributed by atoms with Crippen LogP contribution in [0.2, 0.25) is 0 Å². The summed E-state index contributed by atoms with van der Waals surface area (Å²) >= 11 is 0. The Morgan fingerprint density at radius 3 is 2.83 bits per heavy atom. The Bertz CT molecular complexity index is 514. The lowest BCUT2D eigenvalue weighted by atomic mass is 10.1. The van der Waals surface area contributed by atoms with Crippen LogP contribution in [0.25, 0.3) is 0 Å². The molecule has 1 aliphatic rings. The molecule has 1 aromatic rings. The molecule has 136 valence electrons. The van der Waals surface area contributed by atoms with E-state index in [0.717, 1.165) is 43.6 Å². The van der Waals surface area contributed by atoms with Gasteiger partial charge in [0.25, 0.3) is 0 Å². The van der Waals surface area contributed by atoms with Crippen LogP contribution in [-0.2, 0) is 4.74 Å². The second-order valence-corrected chi connectivity index (χ2v) is 5.56. The zero-order valence-corrected chi connectivity index (χ0v) is 17.0. The third-order valence-electron chi connectivity index (χ3n) is 3.89. The van der Waals surface area contributed by atoms with Gasteiger partial charge in [-0.25, -0.2) is 0 Å². The molecule has 0 saturated carbocycles. The van der Waals surface area contributed by atoms with E-state index in [9.17, 15) is 0 Å². The van der Waals surface area contributed by atoms with Gasteiger partial charge in [0.1, 0.15) is 18.1 Å². The van der Waals surface area contributed by atoms with Crippen molar-refractivity contribution in [3.63, 3.8) is 0 Å². The molecular weight excluding hydrogens is 421 g/mol. The number of rotatable bonds is 7. The molecule has 1 aliphatic heterocycles. The summed E-state index contributed by atoms with van der Waals surface area (Å²) in [5.74, 6) is 3.12. The largest absolute Gasteiger partial charge is 0.497 e. The predicted octanol–water partition coefficient (Wildman–Crippen LogP) is 2.24. The van der Waals surface area contributed by atoms with E-state index >= 15 is 0 Å². The first-order valence-electron chi connectivity index (χ1n) is 7.98. The zero-order chi connectivity index (χ0) is 16.5. The third kappa shape index (κ3) is 6.35. The maximum Gasteiger partial charge on any atom is 0.193 e. The minimum Gasteiger partial charge on any atom is -0.497 e. The fraction of sp³-hybridized carbons (Fsp3) is 0.588. The van der Waals surface area contributed by atoms with Gasteiger partial charge >= 0.3 is 0 Å². The normalized spacial score (nSPS) is 17.4. The maximum absolute atomic E-state index is 5.73. The number of halogens is 1. The first kappa shape index (κ1) is 20.8. The molecule has 24 heavy (non-hydrogen) atoms. The van der Waals surface area contributed by atoms with Gasteiger partial charge in [-0.15, -0.1) is 24.0 Å². The van der Waals surface area contributed by atoms with Crippen molar-refractivity contribution in [3.8, 4) is 11.5 Å². The van der Waals surface area contributed by atoms with Crippen LogP contribution in [0.15, 0.2) is 29.3 Å². The lowest BCUT2D eigenvalue weighted by molar-refractivity contribution is 0.157. The van der Waals surface area contributed by atoms with Crippen LogP contribution in [-0.4, -0.2) is 65.0 Å². The molecule has 0 amide bonds. The molecular formula is C17H28IN3O3. The van der Waals surface area contributed by atoms with Crippen molar-refractivity contribution >= 4 is 29.9 Å². The molecule has 1 saturated heterocycles. The van der Waals surface area contributed by atoms with Gasteiger partial charge in [-0.05, 0) is 18.6 Å². The maximum atomic E-state index is 5.73. The molecule has 1 heterocycles. The Hall–Kier alpha value is -1.22. The van der Waals surface area contributed by atoms with Crippen LogP contribution < -0.4 is 14.8 Å². The number of aliphatic imine (C=N–C) groups is 1. The number of benzene rings is 1. The summed E-state index contributed by atoms with van der Waals surface area (Å²) in [6.07, 6.45) is 1.15. The molecule has 0 spiro atoms. The van der Waals surface area contributed by atoms with Crippen LogP contribution in [0.1, 0.15) is 6.42 Å². The number of nitrogens with zero attached hydrogens (tertiary/aromatic N) is 2. The summed E-state index contributed by atoms with van der Waals surface area (Å²) in [5, 5.41) is 3.35. The summed E-state index contributed by atoms with van der Waals surface area (Å²) in [5.41, 5.74) is 0. The van der Waals surface area contributed by atoms with Crippen molar-refractivity contribution in [2.45, 2.75) is 6.42 Å². The highest BCUT2D eigenvalue weighted by Gasteiger charge is 2.24. The standard InChI is InChI=1S/C17H27N3O3.HI/c1-18-17(20-9-7-14(12-20)13-21-2)19-8-10-23-16-6-4-5-15(11-16)22-3;/h4-6,11,14H,7-10,12-13H2,1-3H3,(H,18,19);1H. The van der Waals surface area contributed by atoms with Crippen molar-refractivity contribution in [1.29, 1.82) is 0 Å². The Labute approximate surface area is 161 Å². The van der Waals surface area contributed by atoms with Gasteiger partial charge in [0.05, 0.1) is 20.3 Å². The summed E-state index contributed by atoms with van der Waals surface area (Å²) < 4.78 is 16.1. The second-order valence-electron chi connectivity index (χ2n) is 5.56. The highest BCUT2D eigenvalue weighted by molar-refractivity contribution is 14.0. The molecule has 7 heteroatoms. The fourth-order valence-electron chi connectivity index (χ4n) is 2.75. The molecule has 2 rings (SSSR count). The van der Waals surface area contributed by atoms with E-state index in [1.165, 1.54) is 0 Å². The molecule has 0 bridgehead atoms. The third-order valence-corrected chi connectivity index (χ3v) is 3.89. The smallest absolute Gasteiger partial charge is 0.193 e. The summed E-state index contributed by atoms with van der Waals surface area (Å²) in [7, 11) is 5.22. The topological polar surface area (TPSA) is 55.3 Å². The highest BCUT2D eigenvalue weighted by Crippen LogP contribution is 2.18. The summed E-state index contributed by atoms with van der Waals surface area (Å²) in [4.78, 5) is 6.62. The van der Waals surface area contributed by atoms with Crippen LogP contribution in [0.5, 0.6) is 11.5 Å². The van der Waals surface area contributed by atoms with Gasteiger partial charge in [0, 0.05) is 39.2 Å². The summed E-state index contributed by atoms with van der Waals surface area (Å²) in [6.45, 7) is 4.10. The van der Waals surface area contributed by atoms with Gasteiger partial charge in [0.15, 0.2) is 5.96 Å². The van der Waals surface area contributed by atoms with Crippen LogP contribution >= 0.6 is 24.0 Å². The van der Waals surface area contributed by atoms with Crippen molar-refractivity contribution in [1.82, 2.24) is 10.2 Å². The van der Waals surface area contributed by atoms with E-state index in [-0.39, 0.29) is 24.0 Å². The quantitative estimate of drug-likeness (QED) is 0.300. The molecule has 1 N–H and O–H groups in total. The Balaban J connectivity index is 0.00000288. The van der Waals surface area contributed by atoms with Crippen molar-refractivity contribution < 1.29 is 14.2 Å². The molecule has 1 fully saturated rings. The van der Waals surface area contributed by atoms with Crippen molar-refractivity contribution in [3.05, 3.63) is 24.3 Å². The fourth-order valence-corrected chi connectivity index (χ4v) is 2.75. The number of likely N-dealkylation sites (tertiary alicyclic amines) is 1. The predicted molar refractivity (Wildman–Crippen MR) is 107 cm³/mol. The second kappa shape index (κ2) is 11.4. The number of hydrogen-bond donors (Lipinski definition) is 1. The Morgan fingerprint density at radius 1 is 1.33 bits per heavy atom. The van der Waals surface area contributed by atoms with E-state index < -0.39 is 0 Å². The molecule has 1 aromatic carbocycles. The van der Waals surface area contributed by atoms with Crippen LogP contribution in [0.4, 0.5) is 0 Å². The van der Waals surface area contributed by atoms with Crippen molar-refractivity contribution in [2.75, 3.05) is 54.1 Å². The molecule has 6 nitrogen and oxygen atoms in total. The lowest BCUT2D eigenvalue weighted by Gasteiger charge is -2.21. The molecule has 1 atom stereocenters. The Kier molecular flexibility index (Phi) is 9.85. The monoisotopic (exact) mass is 449 g/mol. The minimum atomic E-state index is 0. The first-order chi connectivity index (χ1) is 11.3. The van der Waals surface area contributed by atoms with Crippen LogP contribution in [0, 0.1) is 5.92 Å². The molecule has 0 aliphatic carbocycles. The highest BCUT2D eigenvalue weighted by atomic mass is 127.